The average molecular weight is 229 g/mol. The predicted molar refractivity (Wildman–Crippen MR) is 64.5 cm³/mol. The van der Waals surface area contributed by atoms with Crippen molar-refractivity contribution in [3.8, 4) is 11.3 Å². The van der Waals surface area contributed by atoms with Crippen LogP contribution in [0.4, 0.5) is 0 Å². The number of aromatic nitrogens is 3. The maximum atomic E-state index is 9.35. The van der Waals surface area contributed by atoms with Crippen molar-refractivity contribution >= 4 is 0 Å². The zero-order chi connectivity index (χ0) is 11.7. The number of nitrogens with zero attached hydrogens (tertiary/aromatic N) is 3. The molecule has 88 valence electrons. The van der Waals surface area contributed by atoms with E-state index in [0.29, 0.717) is 0 Å². The second-order valence-corrected chi connectivity index (χ2v) is 4.44. The Morgan fingerprint density at radius 2 is 2.18 bits per heavy atom. The van der Waals surface area contributed by atoms with Crippen LogP contribution in [-0.2, 0) is 6.54 Å². The zero-order valence-electron chi connectivity index (χ0n) is 9.58. The lowest BCUT2D eigenvalue weighted by Gasteiger charge is -2.21. The highest BCUT2D eigenvalue weighted by molar-refractivity contribution is 5.57. The summed E-state index contributed by atoms with van der Waals surface area (Å²) in [7, 11) is 0. The van der Waals surface area contributed by atoms with E-state index >= 15 is 0 Å². The monoisotopic (exact) mass is 229 g/mol. The highest BCUT2D eigenvalue weighted by Gasteiger charge is 2.22. The van der Waals surface area contributed by atoms with Gasteiger partial charge < -0.3 is 9.67 Å². The summed E-state index contributed by atoms with van der Waals surface area (Å²) in [6.07, 6.45) is 7.77. The minimum atomic E-state index is 0.187. The Morgan fingerprint density at radius 1 is 1.35 bits per heavy atom. The molecule has 17 heavy (non-hydrogen) atoms. The molecule has 1 aliphatic heterocycles. The predicted octanol–water partition coefficient (Wildman–Crippen LogP) is 1.81. The molecule has 4 nitrogen and oxygen atoms in total. The van der Waals surface area contributed by atoms with Gasteiger partial charge in [0, 0.05) is 36.6 Å². The minimum Gasteiger partial charge on any atom is -0.396 e. The van der Waals surface area contributed by atoms with Crippen molar-refractivity contribution in [3.05, 3.63) is 36.5 Å². The minimum absolute atomic E-state index is 0.187. The quantitative estimate of drug-likeness (QED) is 0.854. The van der Waals surface area contributed by atoms with Gasteiger partial charge in [-0.15, -0.1) is 0 Å². The molecule has 0 saturated heterocycles. The average Bonchev–Trinajstić information content (AvgIpc) is 2.83. The molecule has 0 bridgehead atoms. The highest BCUT2D eigenvalue weighted by atomic mass is 16.3. The van der Waals surface area contributed by atoms with Gasteiger partial charge in [0.15, 0.2) is 0 Å². The van der Waals surface area contributed by atoms with Crippen molar-refractivity contribution in [1.82, 2.24) is 14.5 Å². The van der Waals surface area contributed by atoms with Crippen molar-refractivity contribution in [2.24, 2.45) is 0 Å². The van der Waals surface area contributed by atoms with Crippen molar-refractivity contribution in [3.63, 3.8) is 0 Å². The Bertz CT molecular complexity index is 507. The van der Waals surface area contributed by atoms with E-state index in [1.807, 2.05) is 12.1 Å². The number of aliphatic hydroxyl groups excluding tert-OH is 1. The molecule has 2 aromatic heterocycles. The summed E-state index contributed by atoms with van der Waals surface area (Å²) in [4.78, 5) is 8.66. The number of hydrogen-bond donors (Lipinski definition) is 1. The van der Waals surface area contributed by atoms with Crippen LogP contribution in [0.25, 0.3) is 11.3 Å². The van der Waals surface area contributed by atoms with Gasteiger partial charge >= 0.3 is 0 Å². The summed E-state index contributed by atoms with van der Waals surface area (Å²) in [5.74, 6) is 1.21. The fourth-order valence-corrected chi connectivity index (χ4v) is 2.41. The number of hydrogen-bond acceptors (Lipinski definition) is 3. The van der Waals surface area contributed by atoms with E-state index in [-0.39, 0.29) is 12.5 Å². The summed E-state index contributed by atoms with van der Waals surface area (Å²) in [6, 6.07) is 3.92. The molecule has 1 N–H and O–H groups in total. The first-order valence-electron chi connectivity index (χ1n) is 5.97. The van der Waals surface area contributed by atoms with Gasteiger partial charge in [0.05, 0.1) is 12.3 Å². The lowest BCUT2D eigenvalue weighted by Crippen LogP contribution is -2.18. The molecule has 0 spiro atoms. The molecule has 1 aliphatic rings. The number of rotatable bonds is 2. The smallest absolute Gasteiger partial charge is 0.114 e. The first kappa shape index (κ1) is 10.5. The number of fused-ring (bicyclic) bond motifs is 1. The molecule has 3 rings (SSSR count). The summed E-state index contributed by atoms with van der Waals surface area (Å²) in [5, 5.41) is 9.35. The molecule has 4 heteroatoms. The Kier molecular flexibility index (Phi) is 2.65. The molecule has 0 amide bonds. The standard InChI is InChI=1S/C13H15N3O/c17-9-11-2-1-7-16-8-12(15-13(11)16)10-3-5-14-6-4-10/h3-6,8,11,17H,1-2,7,9H2. The molecule has 0 aliphatic carbocycles. The fraction of sp³-hybridized carbons (Fsp3) is 0.385. The molecule has 1 atom stereocenters. The number of imidazole rings is 1. The third-order valence-electron chi connectivity index (χ3n) is 3.32. The second-order valence-electron chi connectivity index (χ2n) is 4.44. The summed E-state index contributed by atoms with van der Waals surface area (Å²) < 4.78 is 2.17. The van der Waals surface area contributed by atoms with E-state index in [1.165, 1.54) is 0 Å². The van der Waals surface area contributed by atoms with Crippen LogP contribution in [-0.4, -0.2) is 26.2 Å². The highest BCUT2D eigenvalue weighted by Crippen LogP contribution is 2.29. The van der Waals surface area contributed by atoms with Crippen LogP contribution < -0.4 is 0 Å². The van der Waals surface area contributed by atoms with Crippen LogP contribution in [0.1, 0.15) is 24.6 Å². The third kappa shape index (κ3) is 1.85. The normalized spacial score (nSPS) is 19.0. The van der Waals surface area contributed by atoms with E-state index in [2.05, 4.69) is 20.7 Å². The Labute approximate surface area is 100.0 Å². The molecule has 0 radical (unpaired) electrons. The van der Waals surface area contributed by atoms with Crippen LogP contribution in [0.15, 0.2) is 30.7 Å². The van der Waals surface area contributed by atoms with Gasteiger partial charge in [-0.1, -0.05) is 0 Å². The largest absolute Gasteiger partial charge is 0.396 e. The summed E-state index contributed by atoms with van der Waals surface area (Å²) in [5.41, 5.74) is 2.06. The van der Waals surface area contributed by atoms with Crippen LogP contribution in [0, 0.1) is 0 Å². The van der Waals surface area contributed by atoms with E-state index in [1.54, 1.807) is 12.4 Å². The second kappa shape index (κ2) is 4.30. The van der Waals surface area contributed by atoms with Crippen LogP contribution >= 0.6 is 0 Å². The Morgan fingerprint density at radius 3 is 2.94 bits per heavy atom. The van der Waals surface area contributed by atoms with Crippen LogP contribution in [0.3, 0.4) is 0 Å². The van der Waals surface area contributed by atoms with Gasteiger partial charge in [0.1, 0.15) is 5.82 Å². The number of aryl methyl sites for hydroxylation is 1. The summed E-state index contributed by atoms with van der Waals surface area (Å²) >= 11 is 0. The van der Waals surface area contributed by atoms with Gasteiger partial charge in [-0.3, -0.25) is 4.98 Å². The molecular weight excluding hydrogens is 214 g/mol. The molecule has 2 aromatic rings. The first-order chi connectivity index (χ1) is 8.38. The van der Waals surface area contributed by atoms with Crippen molar-refractivity contribution in [1.29, 1.82) is 0 Å². The van der Waals surface area contributed by atoms with E-state index in [0.717, 1.165) is 36.5 Å². The summed E-state index contributed by atoms with van der Waals surface area (Å²) in [6.45, 7) is 1.19. The number of aliphatic hydroxyl groups is 1. The van der Waals surface area contributed by atoms with Crippen molar-refractivity contribution < 1.29 is 5.11 Å². The maximum Gasteiger partial charge on any atom is 0.114 e. The van der Waals surface area contributed by atoms with Crippen molar-refractivity contribution in [2.75, 3.05) is 6.61 Å². The molecule has 0 saturated carbocycles. The Balaban J connectivity index is 2.02. The topological polar surface area (TPSA) is 50.9 Å². The SMILES string of the molecule is OCC1CCCn2cc(-c3ccncc3)nc21. The zero-order valence-corrected chi connectivity index (χ0v) is 9.58. The first-order valence-corrected chi connectivity index (χ1v) is 5.97. The molecular formula is C13H15N3O. The lowest BCUT2D eigenvalue weighted by molar-refractivity contribution is 0.238. The van der Waals surface area contributed by atoms with Gasteiger partial charge in [0.2, 0.25) is 0 Å². The molecule has 0 aromatic carbocycles. The molecule has 0 fully saturated rings. The van der Waals surface area contributed by atoms with Gasteiger partial charge in [0.25, 0.3) is 0 Å². The molecule has 1 unspecified atom stereocenters. The van der Waals surface area contributed by atoms with Crippen LogP contribution in [0.5, 0.6) is 0 Å². The van der Waals surface area contributed by atoms with Gasteiger partial charge in [-0.2, -0.15) is 0 Å². The number of pyridine rings is 1. The van der Waals surface area contributed by atoms with E-state index in [4.69, 9.17) is 0 Å². The lowest BCUT2D eigenvalue weighted by atomic mass is 10.0. The molecule has 3 heterocycles. The van der Waals surface area contributed by atoms with Gasteiger partial charge in [-0.05, 0) is 25.0 Å². The Hall–Kier alpha value is -1.68. The van der Waals surface area contributed by atoms with Crippen molar-refractivity contribution in [2.45, 2.75) is 25.3 Å². The maximum absolute atomic E-state index is 9.35. The third-order valence-corrected chi connectivity index (χ3v) is 3.32. The van der Waals surface area contributed by atoms with E-state index in [9.17, 15) is 5.11 Å². The van der Waals surface area contributed by atoms with Gasteiger partial charge in [-0.25, -0.2) is 4.98 Å². The van der Waals surface area contributed by atoms with Crippen LogP contribution in [0.2, 0.25) is 0 Å². The van der Waals surface area contributed by atoms with E-state index < -0.39 is 0 Å². The fourth-order valence-electron chi connectivity index (χ4n) is 2.41.